The van der Waals surface area contributed by atoms with E-state index in [2.05, 4.69) is 10.9 Å². The highest BCUT2D eigenvalue weighted by molar-refractivity contribution is 5.95. The van der Waals surface area contributed by atoms with Gasteiger partial charge in [0, 0.05) is 5.56 Å². The Balaban J connectivity index is 1.58. The summed E-state index contributed by atoms with van der Waals surface area (Å²) in [4.78, 5) is 23.8. The largest absolute Gasteiger partial charge is 0.273 e. The summed E-state index contributed by atoms with van der Waals surface area (Å²) in [6.07, 6.45) is 0.147. The van der Waals surface area contributed by atoms with Crippen LogP contribution in [0.1, 0.15) is 15.9 Å². The lowest BCUT2D eigenvalue weighted by Crippen LogP contribution is -2.42. The van der Waals surface area contributed by atoms with Gasteiger partial charge < -0.3 is 0 Å². The quantitative estimate of drug-likeness (QED) is 0.728. The number of carbonyl (C=O) groups is 2. The predicted molar refractivity (Wildman–Crippen MR) is 89.7 cm³/mol. The SMILES string of the molecule is O=C(Cc1ccc2ccccc2c1)NNC(=O)c1ccc(F)cc1. The van der Waals surface area contributed by atoms with Gasteiger partial charge in [-0.15, -0.1) is 0 Å². The molecule has 3 rings (SSSR count). The highest BCUT2D eigenvalue weighted by atomic mass is 19.1. The molecular weight excluding hydrogens is 307 g/mol. The molecule has 0 saturated heterocycles. The average Bonchev–Trinajstić information content (AvgIpc) is 2.60. The molecule has 0 aliphatic heterocycles. The number of nitrogens with one attached hydrogen (secondary N) is 2. The van der Waals surface area contributed by atoms with Crippen molar-refractivity contribution in [1.82, 2.24) is 10.9 Å². The van der Waals surface area contributed by atoms with Crippen molar-refractivity contribution >= 4 is 22.6 Å². The molecule has 5 heteroatoms. The number of halogens is 1. The third kappa shape index (κ3) is 3.76. The summed E-state index contributed by atoms with van der Waals surface area (Å²) >= 11 is 0. The number of amides is 2. The first-order chi connectivity index (χ1) is 11.6. The van der Waals surface area contributed by atoms with Crippen molar-refractivity contribution in [2.75, 3.05) is 0 Å². The molecule has 2 amide bonds. The Bertz CT molecular complexity index is 891. The first kappa shape index (κ1) is 15.7. The van der Waals surface area contributed by atoms with Gasteiger partial charge in [-0.3, -0.25) is 20.4 Å². The number of carbonyl (C=O) groups excluding carboxylic acids is 2. The molecule has 3 aromatic carbocycles. The molecule has 0 atom stereocenters. The van der Waals surface area contributed by atoms with Crippen LogP contribution in [0.5, 0.6) is 0 Å². The number of hydrogen-bond donors (Lipinski definition) is 2. The smallest absolute Gasteiger partial charge is 0.269 e. The van der Waals surface area contributed by atoms with Gasteiger partial charge in [-0.1, -0.05) is 42.5 Å². The molecule has 0 heterocycles. The van der Waals surface area contributed by atoms with Gasteiger partial charge in [0.2, 0.25) is 5.91 Å². The van der Waals surface area contributed by atoms with E-state index in [1.807, 2.05) is 42.5 Å². The van der Waals surface area contributed by atoms with Crippen LogP contribution in [0, 0.1) is 5.82 Å². The lowest BCUT2D eigenvalue weighted by molar-refractivity contribution is -0.121. The molecule has 3 aromatic rings. The summed E-state index contributed by atoms with van der Waals surface area (Å²) in [5.74, 6) is -1.26. The summed E-state index contributed by atoms with van der Waals surface area (Å²) in [5, 5.41) is 2.16. The number of benzene rings is 3. The second-order valence-corrected chi connectivity index (χ2v) is 5.37. The van der Waals surface area contributed by atoms with E-state index in [0.29, 0.717) is 0 Å². The maximum atomic E-state index is 12.8. The van der Waals surface area contributed by atoms with Crippen LogP contribution in [-0.4, -0.2) is 11.8 Å². The maximum Gasteiger partial charge on any atom is 0.269 e. The van der Waals surface area contributed by atoms with Crippen LogP contribution < -0.4 is 10.9 Å². The Morgan fingerprint density at radius 1 is 0.833 bits per heavy atom. The molecule has 0 bridgehead atoms. The Labute approximate surface area is 138 Å². The van der Waals surface area contributed by atoms with Crippen molar-refractivity contribution < 1.29 is 14.0 Å². The predicted octanol–water partition coefficient (Wildman–Crippen LogP) is 2.98. The van der Waals surface area contributed by atoms with Gasteiger partial charge in [-0.05, 0) is 40.6 Å². The molecule has 0 aromatic heterocycles. The number of hydrazine groups is 1. The van der Waals surface area contributed by atoms with Gasteiger partial charge in [0.1, 0.15) is 5.82 Å². The Hall–Kier alpha value is -3.21. The zero-order valence-corrected chi connectivity index (χ0v) is 12.8. The fraction of sp³-hybridized carbons (Fsp3) is 0.0526. The molecule has 0 spiro atoms. The summed E-state index contributed by atoms with van der Waals surface area (Å²) in [6.45, 7) is 0. The van der Waals surface area contributed by atoms with E-state index in [9.17, 15) is 14.0 Å². The highest BCUT2D eigenvalue weighted by Gasteiger charge is 2.08. The third-order valence-corrected chi connectivity index (χ3v) is 3.60. The van der Waals surface area contributed by atoms with Gasteiger partial charge in [0.05, 0.1) is 6.42 Å². The molecule has 0 aliphatic rings. The average molecular weight is 322 g/mol. The summed E-state index contributed by atoms with van der Waals surface area (Å²) in [6, 6.07) is 18.7. The van der Waals surface area contributed by atoms with Crippen LogP contribution in [0.4, 0.5) is 4.39 Å². The van der Waals surface area contributed by atoms with Gasteiger partial charge in [0.25, 0.3) is 5.91 Å². The van der Waals surface area contributed by atoms with Gasteiger partial charge in [-0.25, -0.2) is 4.39 Å². The molecule has 24 heavy (non-hydrogen) atoms. The van der Waals surface area contributed by atoms with Crippen molar-refractivity contribution in [3.05, 3.63) is 83.7 Å². The second kappa shape index (κ2) is 6.91. The standard InChI is InChI=1S/C19H15FN2O2/c20-17-9-7-15(8-10-17)19(24)22-21-18(23)12-13-5-6-14-3-1-2-4-16(14)11-13/h1-11H,12H2,(H,21,23)(H,22,24). The van der Waals surface area contributed by atoms with Crippen molar-refractivity contribution in [1.29, 1.82) is 0 Å². The Kier molecular flexibility index (Phi) is 4.52. The van der Waals surface area contributed by atoms with E-state index in [1.165, 1.54) is 24.3 Å². The molecule has 0 unspecified atom stereocenters. The number of hydrogen-bond acceptors (Lipinski definition) is 2. The molecule has 0 fully saturated rings. The van der Waals surface area contributed by atoms with E-state index in [4.69, 9.17) is 0 Å². The molecule has 4 nitrogen and oxygen atoms in total. The van der Waals surface area contributed by atoms with Gasteiger partial charge >= 0.3 is 0 Å². The maximum absolute atomic E-state index is 12.8. The first-order valence-electron chi connectivity index (χ1n) is 7.44. The van der Waals surface area contributed by atoms with Crippen LogP contribution in [0.25, 0.3) is 10.8 Å². The van der Waals surface area contributed by atoms with E-state index in [1.54, 1.807) is 0 Å². The summed E-state index contributed by atoms with van der Waals surface area (Å²) in [5.41, 5.74) is 5.79. The minimum absolute atomic E-state index is 0.147. The monoisotopic (exact) mass is 322 g/mol. The normalized spacial score (nSPS) is 10.4. The molecule has 0 aliphatic carbocycles. The zero-order valence-electron chi connectivity index (χ0n) is 12.8. The van der Waals surface area contributed by atoms with Crippen molar-refractivity contribution in [3.8, 4) is 0 Å². The number of rotatable bonds is 3. The fourth-order valence-corrected chi connectivity index (χ4v) is 2.38. The second-order valence-electron chi connectivity index (χ2n) is 5.37. The van der Waals surface area contributed by atoms with Crippen molar-refractivity contribution in [2.45, 2.75) is 6.42 Å². The van der Waals surface area contributed by atoms with Crippen LogP contribution >= 0.6 is 0 Å². The molecular formula is C19H15FN2O2. The summed E-state index contributed by atoms with van der Waals surface area (Å²) in [7, 11) is 0. The molecule has 2 N–H and O–H groups in total. The molecule has 0 radical (unpaired) electrons. The minimum Gasteiger partial charge on any atom is -0.273 e. The lowest BCUT2D eigenvalue weighted by atomic mass is 10.1. The van der Waals surface area contributed by atoms with Crippen LogP contribution in [0.3, 0.4) is 0 Å². The van der Waals surface area contributed by atoms with Crippen molar-refractivity contribution in [3.63, 3.8) is 0 Å². The Morgan fingerprint density at radius 3 is 2.29 bits per heavy atom. The number of fused-ring (bicyclic) bond motifs is 1. The van der Waals surface area contributed by atoms with E-state index in [-0.39, 0.29) is 17.9 Å². The lowest BCUT2D eigenvalue weighted by Gasteiger charge is -2.08. The highest BCUT2D eigenvalue weighted by Crippen LogP contribution is 2.15. The third-order valence-electron chi connectivity index (χ3n) is 3.60. The van der Waals surface area contributed by atoms with Crippen LogP contribution in [0.15, 0.2) is 66.7 Å². The zero-order chi connectivity index (χ0) is 16.9. The van der Waals surface area contributed by atoms with Crippen LogP contribution in [0.2, 0.25) is 0 Å². The van der Waals surface area contributed by atoms with Gasteiger partial charge in [0.15, 0.2) is 0 Å². The summed E-state index contributed by atoms with van der Waals surface area (Å²) < 4.78 is 12.8. The molecule has 0 saturated carbocycles. The van der Waals surface area contributed by atoms with E-state index < -0.39 is 11.7 Å². The topological polar surface area (TPSA) is 58.2 Å². The first-order valence-corrected chi connectivity index (χ1v) is 7.44. The van der Waals surface area contributed by atoms with E-state index in [0.717, 1.165) is 16.3 Å². The molecule has 120 valence electrons. The van der Waals surface area contributed by atoms with Crippen LogP contribution in [-0.2, 0) is 11.2 Å². The van der Waals surface area contributed by atoms with Crippen molar-refractivity contribution in [2.24, 2.45) is 0 Å². The Morgan fingerprint density at radius 2 is 1.54 bits per heavy atom. The fourth-order valence-electron chi connectivity index (χ4n) is 2.38. The van der Waals surface area contributed by atoms with E-state index >= 15 is 0 Å². The van der Waals surface area contributed by atoms with Gasteiger partial charge in [-0.2, -0.15) is 0 Å². The minimum atomic E-state index is -0.498.